The van der Waals surface area contributed by atoms with Crippen molar-refractivity contribution in [3.8, 4) is 0 Å². The Morgan fingerprint density at radius 2 is 1.73 bits per heavy atom. The topological polar surface area (TPSA) is 90.3 Å². The second kappa shape index (κ2) is 8.28. The highest BCUT2D eigenvalue weighted by Crippen LogP contribution is 2.47. The zero-order valence-electron chi connectivity index (χ0n) is 19.1. The number of hydrazone groups is 1. The van der Waals surface area contributed by atoms with E-state index in [0.29, 0.717) is 17.0 Å². The zero-order valence-corrected chi connectivity index (χ0v) is 19.9. The van der Waals surface area contributed by atoms with Crippen molar-refractivity contribution in [1.29, 1.82) is 0 Å². The first-order valence-corrected chi connectivity index (χ1v) is 12.3. The molecule has 1 N–H and O–H groups in total. The average molecular weight is 466 g/mol. The quantitative estimate of drug-likeness (QED) is 0.512. The number of fused-ring (bicyclic) bond motifs is 1. The van der Waals surface area contributed by atoms with E-state index in [1.54, 1.807) is 6.92 Å². The number of allylic oxidation sites excluding steroid dienone is 3. The first kappa shape index (κ1) is 22.9. The summed E-state index contributed by atoms with van der Waals surface area (Å²) in [7, 11) is -4.30. The Hall–Kier alpha value is -3.23. The van der Waals surface area contributed by atoms with Crippen LogP contribution in [0.2, 0.25) is 0 Å². The highest BCUT2D eigenvalue weighted by atomic mass is 32.2. The predicted molar refractivity (Wildman–Crippen MR) is 130 cm³/mol. The molecule has 0 unspecified atom stereocenters. The minimum Gasteiger partial charge on any atom is -0.344 e. The van der Waals surface area contributed by atoms with E-state index in [1.807, 2.05) is 18.2 Å². The first-order valence-electron chi connectivity index (χ1n) is 10.8. The Balaban J connectivity index is 1.67. The summed E-state index contributed by atoms with van der Waals surface area (Å²) in [4.78, 5) is 15.2. The minimum absolute atomic E-state index is 0.208. The number of anilines is 2. The molecule has 0 aromatic heterocycles. The third-order valence-electron chi connectivity index (χ3n) is 6.10. The maximum absolute atomic E-state index is 13.1. The van der Waals surface area contributed by atoms with Gasteiger partial charge >= 0.3 is 0 Å². The summed E-state index contributed by atoms with van der Waals surface area (Å²) in [6.07, 6.45) is 4.82. The molecule has 7 nitrogen and oxygen atoms in total. The standard InChI is InChI=1S/C25H27N3O4S/c1-5-16-27-22-9-7-6-8-21(22)25(3,4)23(27)15-14-20-17(2)26-28(24(20)29)18-10-12-19(13-11-18)33(30,31)32/h6-15H,5,16H2,1-4H3,(H,30,31,32)/b20-14+,23-15+. The largest absolute Gasteiger partial charge is 0.344 e. The predicted octanol–water partition coefficient (Wildman–Crippen LogP) is 4.67. The first-order chi connectivity index (χ1) is 15.6. The molecule has 172 valence electrons. The second-order valence-corrected chi connectivity index (χ2v) is 10.1. The van der Waals surface area contributed by atoms with Crippen molar-refractivity contribution in [2.45, 2.75) is 44.4 Å². The number of rotatable bonds is 5. The van der Waals surface area contributed by atoms with Crippen molar-refractivity contribution < 1.29 is 17.8 Å². The van der Waals surface area contributed by atoms with Crippen LogP contribution in [0.1, 0.15) is 39.7 Å². The molecule has 0 aliphatic carbocycles. The van der Waals surface area contributed by atoms with Gasteiger partial charge in [0.05, 0.1) is 21.9 Å². The molecule has 0 fully saturated rings. The van der Waals surface area contributed by atoms with E-state index in [-0.39, 0.29) is 16.2 Å². The summed E-state index contributed by atoms with van der Waals surface area (Å²) in [5.41, 5.74) is 4.83. The number of carbonyl (C=O) groups is 1. The molecular formula is C25H27N3O4S. The van der Waals surface area contributed by atoms with Crippen molar-refractivity contribution >= 4 is 33.1 Å². The molecule has 2 aliphatic heterocycles. The van der Waals surface area contributed by atoms with E-state index >= 15 is 0 Å². The molecule has 33 heavy (non-hydrogen) atoms. The van der Waals surface area contributed by atoms with E-state index in [0.717, 1.165) is 18.7 Å². The van der Waals surface area contributed by atoms with Crippen LogP contribution in [0, 0.1) is 0 Å². The Morgan fingerprint density at radius 1 is 1.06 bits per heavy atom. The number of benzene rings is 2. The summed E-state index contributed by atoms with van der Waals surface area (Å²) >= 11 is 0. The fourth-order valence-corrected chi connectivity index (χ4v) is 4.89. The second-order valence-electron chi connectivity index (χ2n) is 8.70. The molecule has 2 aliphatic rings. The lowest BCUT2D eigenvalue weighted by Gasteiger charge is -2.26. The molecule has 0 atom stereocenters. The molecule has 4 rings (SSSR count). The van der Waals surface area contributed by atoms with Crippen molar-refractivity contribution in [2.24, 2.45) is 5.10 Å². The smallest absolute Gasteiger partial charge is 0.294 e. The molecule has 0 bridgehead atoms. The number of para-hydroxylation sites is 1. The lowest BCUT2D eigenvalue weighted by atomic mass is 9.83. The number of hydrogen-bond donors (Lipinski definition) is 1. The lowest BCUT2D eigenvalue weighted by Crippen LogP contribution is -2.27. The van der Waals surface area contributed by atoms with E-state index in [9.17, 15) is 13.2 Å². The van der Waals surface area contributed by atoms with Gasteiger partial charge in [-0.15, -0.1) is 0 Å². The molecule has 0 spiro atoms. The van der Waals surface area contributed by atoms with Crippen LogP contribution in [0.15, 0.2) is 82.0 Å². The maximum Gasteiger partial charge on any atom is 0.294 e. The molecular weight excluding hydrogens is 438 g/mol. The SMILES string of the molecule is CCCN1/C(=C/C=C2/C(=O)N(c3ccc(S(=O)(=O)O)cc3)N=C2C)C(C)(C)c2ccccc21. The third-order valence-corrected chi connectivity index (χ3v) is 6.96. The molecule has 2 aromatic carbocycles. The van der Waals surface area contributed by atoms with Crippen molar-refractivity contribution in [3.63, 3.8) is 0 Å². The van der Waals surface area contributed by atoms with Gasteiger partial charge in [0.15, 0.2) is 0 Å². The highest BCUT2D eigenvalue weighted by molar-refractivity contribution is 7.85. The van der Waals surface area contributed by atoms with Crippen LogP contribution in [0.3, 0.4) is 0 Å². The molecule has 2 heterocycles. The van der Waals surface area contributed by atoms with Crippen molar-refractivity contribution in [1.82, 2.24) is 0 Å². The van der Waals surface area contributed by atoms with Crippen LogP contribution in [-0.2, 0) is 20.3 Å². The van der Waals surface area contributed by atoms with Gasteiger partial charge in [-0.2, -0.15) is 18.5 Å². The zero-order chi connectivity index (χ0) is 24.0. The van der Waals surface area contributed by atoms with Crippen molar-refractivity contribution in [2.75, 3.05) is 16.5 Å². The summed E-state index contributed by atoms with van der Waals surface area (Å²) in [6.45, 7) is 9.17. The van der Waals surface area contributed by atoms with Gasteiger partial charge in [-0.3, -0.25) is 9.35 Å². The number of amides is 1. The van der Waals surface area contributed by atoms with Crippen LogP contribution in [-0.4, -0.2) is 31.1 Å². The molecule has 0 radical (unpaired) electrons. The van der Waals surface area contributed by atoms with Gasteiger partial charge in [-0.1, -0.05) is 39.0 Å². The molecule has 8 heteroatoms. The van der Waals surface area contributed by atoms with E-state index in [2.05, 4.69) is 49.0 Å². The molecule has 2 aromatic rings. The van der Waals surface area contributed by atoms with Gasteiger partial charge in [0, 0.05) is 23.3 Å². The van der Waals surface area contributed by atoms with Gasteiger partial charge < -0.3 is 4.90 Å². The Bertz CT molecular complexity index is 1310. The monoisotopic (exact) mass is 465 g/mol. The Kier molecular flexibility index (Phi) is 5.76. The minimum atomic E-state index is -4.30. The van der Waals surface area contributed by atoms with Gasteiger partial charge in [0.25, 0.3) is 16.0 Å². The summed E-state index contributed by atoms with van der Waals surface area (Å²) in [5.74, 6) is -0.292. The third kappa shape index (κ3) is 4.00. The molecule has 0 saturated heterocycles. The Morgan fingerprint density at radius 3 is 2.36 bits per heavy atom. The Labute approximate surface area is 194 Å². The van der Waals surface area contributed by atoms with Gasteiger partial charge in [0.2, 0.25) is 0 Å². The fraction of sp³-hybridized carbons (Fsp3) is 0.280. The van der Waals surface area contributed by atoms with Crippen LogP contribution < -0.4 is 9.91 Å². The molecule has 0 saturated carbocycles. The van der Waals surface area contributed by atoms with Gasteiger partial charge in [0.1, 0.15) is 0 Å². The van der Waals surface area contributed by atoms with E-state index in [1.165, 1.54) is 40.5 Å². The number of nitrogens with zero attached hydrogens (tertiary/aromatic N) is 3. The fourth-order valence-electron chi connectivity index (χ4n) is 4.41. The van der Waals surface area contributed by atoms with Crippen LogP contribution in [0.25, 0.3) is 0 Å². The number of hydrogen-bond acceptors (Lipinski definition) is 5. The maximum atomic E-state index is 13.1. The molecule has 1 amide bonds. The van der Waals surface area contributed by atoms with E-state index < -0.39 is 10.1 Å². The summed E-state index contributed by atoms with van der Waals surface area (Å²) in [6, 6.07) is 13.7. The van der Waals surface area contributed by atoms with E-state index in [4.69, 9.17) is 4.55 Å². The van der Waals surface area contributed by atoms with Crippen LogP contribution >= 0.6 is 0 Å². The highest BCUT2D eigenvalue weighted by Gasteiger charge is 2.39. The number of carbonyl (C=O) groups excluding carboxylic acids is 1. The van der Waals surface area contributed by atoms with Crippen LogP contribution in [0.4, 0.5) is 11.4 Å². The summed E-state index contributed by atoms with van der Waals surface area (Å²) < 4.78 is 31.7. The van der Waals surface area contributed by atoms with Crippen LogP contribution in [0.5, 0.6) is 0 Å². The summed E-state index contributed by atoms with van der Waals surface area (Å²) in [5, 5.41) is 5.61. The van der Waals surface area contributed by atoms with Gasteiger partial charge in [-0.05, 0) is 61.4 Å². The lowest BCUT2D eigenvalue weighted by molar-refractivity contribution is -0.114. The normalized spacial score (nSPS) is 20.0. The van der Waals surface area contributed by atoms with Gasteiger partial charge in [-0.25, -0.2) is 0 Å². The average Bonchev–Trinajstić information content (AvgIpc) is 3.17. The van der Waals surface area contributed by atoms with Crippen molar-refractivity contribution in [3.05, 3.63) is 77.5 Å².